The largest absolute Gasteiger partial charge is 0.478 e. The van der Waals surface area contributed by atoms with Gasteiger partial charge in [0, 0.05) is 23.2 Å². The highest BCUT2D eigenvalue weighted by molar-refractivity contribution is 6.30. The summed E-state index contributed by atoms with van der Waals surface area (Å²) in [5.41, 5.74) is 4.41. The fourth-order valence-corrected chi connectivity index (χ4v) is 4.34. The van der Waals surface area contributed by atoms with E-state index in [9.17, 15) is 9.59 Å². The van der Waals surface area contributed by atoms with Crippen LogP contribution in [0.4, 0.5) is 0 Å². The lowest BCUT2D eigenvalue weighted by Gasteiger charge is -2.16. The number of fused-ring (bicyclic) bond motifs is 3. The van der Waals surface area contributed by atoms with E-state index in [0.717, 1.165) is 22.0 Å². The SMILES string of the molecule is C[C@H](NC(=O)c1cc2ocnc2c2ccn(Cc3cccc(Cl)c3)c12)c1ccc(C(=O)O)cc1. The number of carbonyl (C=O) groups is 2. The Labute approximate surface area is 199 Å². The van der Waals surface area contributed by atoms with Gasteiger partial charge in [0.1, 0.15) is 5.52 Å². The van der Waals surface area contributed by atoms with Crippen LogP contribution in [0.2, 0.25) is 5.02 Å². The molecular formula is C26H20ClN3O4. The predicted octanol–water partition coefficient (Wildman–Crippen LogP) is 5.67. The van der Waals surface area contributed by atoms with Gasteiger partial charge in [0.15, 0.2) is 12.0 Å². The van der Waals surface area contributed by atoms with Gasteiger partial charge in [-0.25, -0.2) is 9.78 Å². The third-order valence-electron chi connectivity index (χ3n) is 5.84. The molecule has 0 saturated heterocycles. The van der Waals surface area contributed by atoms with Crippen LogP contribution in [-0.2, 0) is 6.54 Å². The molecule has 0 unspecified atom stereocenters. The van der Waals surface area contributed by atoms with Crippen molar-refractivity contribution in [3.8, 4) is 0 Å². The number of aromatic nitrogens is 2. The van der Waals surface area contributed by atoms with Crippen LogP contribution in [0.1, 0.15) is 44.8 Å². The van der Waals surface area contributed by atoms with Crippen LogP contribution in [0, 0.1) is 0 Å². The lowest BCUT2D eigenvalue weighted by atomic mass is 10.0. The summed E-state index contributed by atoms with van der Waals surface area (Å²) >= 11 is 6.16. The molecule has 5 rings (SSSR count). The van der Waals surface area contributed by atoms with Gasteiger partial charge in [-0.05, 0) is 54.4 Å². The number of carboxylic acid groups (broad SMARTS) is 1. The Bertz CT molecular complexity index is 1540. The van der Waals surface area contributed by atoms with E-state index in [1.54, 1.807) is 18.2 Å². The van der Waals surface area contributed by atoms with Gasteiger partial charge in [0.25, 0.3) is 5.91 Å². The number of carbonyl (C=O) groups excluding carboxylic acids is 1. The molecule has 2 N–H and O–H groups in total. The summed E-state index contributed by atoms with van der Waals surface area (Å²) in [7, 11) is 0. The molecule has 170 valence electrons. The molecule has 0 spiro atoms. The molecule has 0 saturated carbocycles. The Hall–Kier alpha value is -4.10. The van der Waals surface area contributed by atoms with E-state index >= 15 is 0 Å². The normalized spacial score (nSPS) is 12.2. The van der Waals surface area contributed by atoms with Crippen molar-refractivity contribution in [3.05, 3.63) is 101 Å². The van der Waals surface area contributed by atoms with Crippen molar-refractivity contribution >= 4 is 45.5 Å². The summed E-state index contributed by atoms with van der Waals surface area (Å²) in [6.45, 7) is 2.38. The Morgan fingerprint density at radius 3 is 2.68 bits per heavy atom. The summed E-state index contributed by atoms with van der Waals surface area (Å²) in [5, 5.41) is 13.6. The van der Waals surface area contributed by atoms with Gasteiger partial charge in [-0.15, -0.1) is 0 Å². The summed E-state index contributed by atoms with van der Waals surface area (Å²) < 4.78 is 7.51. The number of nitrogens with one attached hydrogen (secondary N) is 1. The van der Waals surface area contributed by atoms with Crippen molar-refractivity contribution in [1.82, 2.24) is 14.9 Å². The number of hydrogen-bond donors (Lipinski definition) is 2. The van der Waals surface area contributed by atoms with Gasteiger partial charge in [0.2, 0.25) is 0 Å². The molecule has 7 nitrogen and oxygen atoms in total. The highest BCUT2D eigenvalue weighted by atomic mass is 35.5. The van der Waals surface area contributed by atoms with Crippen LogP contribution in [-0.4, -0.2) is 26.5 Å². The van der Waals surface area contributed by atoms with Gasteiger partial charge in [-0.2, -0.15) is 0 Å². The number of carboxylic acids is 1. The molecule has 2 heterocycles. The minimum Gasteiger partial charge on any atom is -0.478 e. The first-order chi connectivity index (χ1) is 16.4. The Balaban J connectivity index is 1.52. The molecule has 1 atom stereocenters. The number of nitrogens with zero attached hydrogens (tertiary/aromatic N) is 2. The number of hydrogen-bond acceptors (Lipinski definition) is 4. The summed E-state index contributed by atoms with van der Waals surface area (Å²) in [4.78, 5) is 28.9. The van der Waals surface area contributed by atoms with Crippen LogP contribution >= 0.6 is 11.6 Å². The molecule has 5 aromatic rings. The number of amides is 1. The van der Waals surface area contributed by atoms with E-state index in [2.05, 4.69) is 10.3 Å². The lowest BCUT2D eigenvalue weighted by molar-refractivity contribution is 0.0696. The van der Waals surface area contributed by atoms with E-state index in [1.165, 1.54) is 18.5 Å². The van der Waals surface area contributed by atoms with Crippen molar-refractivity contribution in [2.45, 2.75) is 19.5 Å². The zero-order valence-electron chi connectivity index (χ0n) is 18.2. The average molecular weight is 474 g/mol. The topological polar surface area (TPSA) is 97.4 Å². The molecule has 0 radical (unpaired) electrons. The third-order valence-corrected chi connectivity index (χ3v) is 6.07. The van der Waals surface area contributed by atoms with Crippen LogP contribution in [0.3, 0.4) is 0 Å². The molecule has 1 amide bonds. The molecule has 0 aliphatic carbocycles. The smallest absolute Gasteiger partial charge is 0.335 e. The summed E-state index contributed by atoms with van der Waals surface area (Å²) in [6.07, 6.45) is 3.29. The monoisotopic (exact) mass is 473 g/mol. The van der Waals surface area contributed by atoms with E-state index < -0.39 is 5.97 Å². The number of benzene rings is 3. The zero-order valence-corrected chi connectivity index (χ0v) is 18.9. The average Bonchev–Trinajstić information content (AvgIpc) is 3.45. The Morgan fingerprint density at radius 2 is 1.94 bits per heavy atom. The van der Waals surface area contributed by atoms with Gasteiger partial charge in [0.05, 0.1) is 22.7 Å². The maximum atomic E-state index is 13.4. The van der Waals surface area contributed by atoms with Crippen molar-refractivity contribution in [2.75, 3.05) is 0 Å². The van der Waals surface area contributed by atoms with Crippen molar-refractivity contribution < 1.29 is 19.1 Å². The third kappa shape index (κ3) is 4.02. The highest BCUT2D eigenvalue weighted by Gasteiger charge is 2.21. The zero-order chi connectivity index (χ0) is 23.8. The maximum absolute atomic E-state index is 13.4. The van der Waals surface area contributed by atoms with E-state index in [0.29, 0.717) is 28.2 Å². The summed E-state index contributed by atoms with van der Waals surface area (Å²) in [6, 6.07) is 17.3. The van der Waals surface area contributed by atoms with Crippen LogP contribution in [0.25, 0.3) is 22.0 Å². The minimum atomic E-state index is -0.994. The Morgan fingerprint density at radius 1 is 1.15 bits per heavy atom. The molecule has 0 bridgehead atoms. The fourth-order valence-electron chi connectivity index (χ4n) is 4.13. The lowest BCUT2D eigenvalue weighted by Crippen LogP contribution is -2.27. The first-order valence-electron chi connectivity index (χ1n) is 10.6. The fraction of sp³-hybridized carbons (Fsp3) is 0.115. The number of rotatable bonds is 6. The maximum Gasteiger partial charge on any atom is 0.335 e. The summed E-state index contributed by atoms with van der Waals surface area (Å²) in [5.74, 6) is -1.27. The first kappa shape index (κ1) is 21.7. The van der Waals surface area contributed by atoms with E-state index in [4.69, 9.17) is 21.1 Å². The number of aromatic carboxylic acids is 1. The van der Waals surface area contributed by atoms with Gasteiger partial charge >= 0.3 is 5.97 Å². The standard InChI is InChI=1S/C26H20ClN3O4/c1-15(17-5-7-18(8-6-17)26(32)33)29-25(31)21-12-22-23(28-14-34-22)20-9-10-30(24(20)21)13-16-3-2-4-19(27)11-16/h2-12,14-15H,13H2,1H3,(H,29,31)(H,32,33)/t15-/m0/s1. The molecule has 0 aliphatic heterocycles. The predicted molar refractivity (Wildman–Crippen MR) is 129 cm³/mol. The van der Waals surface area contributed by atoms with Crippen LogP contribution < -0.4 is 5.32 Å². The first-order valence-corrected chi connectivity index (χ1v) is 11.0. The highest BCUT2D eigenvalue weighted by Crippen LogP contribution is 2.30. The molecule has 0 aliphatic rings. The Kier molecular flexibility index (Phi) is 5.55. The molecule has 8 heteroatoms. The molecule has 0 fully saturated rings. The van der Waals surface area contributed by atoms with Gasteiger partial charge < -0.3 is 19.4 Å². The molecule has 34 heavy (non-hydrogen) atoms. The van der Waals surface area contributed by atoms with Gasteiger partial charge in [-0.1, -0.05) is 35.9 Å². The van der Waals surface area contributed by atoms with Crippen LogP contribution in [0.5, 0.6) is 0 Å². The van der Waals surface area contributed by atoms with Crippen molar-refractivity contribution in [2.24, 2.45) is 0 Å². The van der Waals surface area contributed by atoms with Gasteiger partial charge in [-0.3, -0.25) is 4.79 Å². The second kappa shape index (κ2) is 8.68. The number of halogens is 1. The van der Waals surface area contributed by atoms with E-state index in [-0.39, 0.29) is 17.5 Å². The van der Waals surface area contributed by atoms with Crippen molar-refractivity contribution in [3.63, 3.8) is 0 Å². The second-order valence-electron chi connectivity index (χ2n) is 8.08. The van der Waals surface area contributed by atoms with Crippen molar-refractivity contribution in [1.29, 1.82) is 0 Å². The molecule has 2 aromatic heterocycles. The number of oxazole rings is 1. The molecular weight excluding hydrogens is 454 g/mol. The quantitative estimate of drug-likeness (QED) is 0.331. The minimum absolute atomic E-state index is 0.193. The molecule has 3 aromatic carbocycles. The van der Waals surface area contributed by atoms with Crippen LogP contribution in [0.15, 0.2) is 77.7 Å². The second-order valence-corrected chi connectivity index (χ2v) is 8.52. The van der Waals surface area contributed by atoms with E-state index in [1.807, 2.05) is 48.0 Å².